The Bertz CT molecular complexity index is 1870. The number of aromatic amines is 2. The van der Waals surface area contributed by atoms with Crippen molar-refractivity contribution in [1.29, 1.82) is 0 Å². The molecule has 6 aromatic rings. The minimum Gasteiger partial charge on any atom is -0.353 e. The number of amides is 1. The molecule has 40 heavy (non-hydrogen) atoms. The summed E-state index contributed by atoms with van der Waals surface area (Å²) in [6.45, 7) is 0. The van der Waals surface area contributed by atoms with Crippen LogP contribution in [0.25, 0.3) is 55.6 Å². The number of halogens is 1. The monoisotopic (exact) mass is 530 g/mol. The van der Waals surface area contributed by atoms with Crippen LogP contribution in [0.15, 0.2) is 79.3 Å². The van der Waals surface area contributed by atoms with Crippen LogP contribution in [0.2, 0.25) is 0 Å². The molecule has 0 saturated heterocycles. The summed E-state index contributed by atoms with van der Waals surface area (Å²) in [6.07, 6.45) is 10.5. The Morgan fingerprint density at radius 2 is 1.75 bits per heavy atom. The third-order valence-electron chi connectivity index (χ3n) is 7.78. The molecule has 7 rings (SSSR count). The molecule has 1 amide bonds. The Labute approximate surface area is 229 Å². The second kappa shape index (κ2) is 10.0. The number of anilines is 1. The molecule has 4 aromatic heterocycles. The Kier molecular flexibility index (Phi) is 6.07. The van der Waals surface area contributed by atoms with Crippen molar-refractivity contribution in [3.8, 4) is 33.8 Å². The molecule has 0 radical (unpaired) electrons. The van der Waals surface area contributed by atoms with Crippen molar-refractivity contribution >= 4 is 33.4 Å². The maximum Gasteiger partial charge on any atom is 0.227 e. The van der Waals surface area contributed by atoms with Crippen LogP contribution < -0.4 is 5.32 Å². The van der Waals surface area contributed by atoms with E-state index in [9.17, 15) is 9.18 Å². The molecule has 1 aliphatic rings. The lowest BCUT2D eigenvalue weighted by molar-refractivity contribution is -0.120. The standard InChI is InChI=1S/C32H27FN6O/c33-22-9-4-8-20(12-22)24-10-5-11-27-25(24)14-29(37-27)31-26-15-28(35-18-30(26)38-39-31)21-13-23(17-34-16-21)36-32(40)19-6-2-1-3-7-19/h4-5,8-19,37H,1-3,6-7H2,(H,36,40)(H,38,39). The normalized spacial score (nSPS) is 14.1. The minimum absolute atomic E-state index is 0.0654. The predicted octanol–water partition coefficient (Wildman–Crippen LogP) is 7.49. The lowest BCUT2D eigenvalue weighted by atomic mass is 9.88. The lowest BCUT2D eigenvalue weighted by Gasteiger charge is -2.20. The number of benzene rings is 2. The van der Waals surface area contributed by atoms with Crippen LogP contribution in [-0.4, -0.2) is 31.1 Å². The van der Waals surface area contributed by atoms with Gasteiger partial charge >= 0.3 is 0 Å². The van der Waals surface area contributed by atoms with E-state index in [1.165, 1.54) is 12.5 Å². The van der Waals surface area contributed by atoms with Gasteiger partial charge in [0.15, 0.2) is 0 Å². The highest BCUT2D eigenvalue weighted by Gasteiger charge is 2.21. The van der Waals surface area contributed by atoms with E-state index in [1.807, 2.05) is 42.5 Å². The molecule has 0 atom stereocenters. The van der Waals surface area contributed by atoms with Crippen LogP contribution in [0.3, 0.4) is 0 Å². The van der Waals surface area contributed by atoms with Crippen molar-refractivity contribution in [3.63, 3.8) is 0 Å². The molecule has 1 saturated carbocycles. The first-order valence-corrected chi connectivity index (χ1v) is 13.6. The number of carbonyl (C=O) groups excluding carboxylic acids is 1. The van der Waals surface area contributed by atoms with E-state index in [4.69, 9.17) is 0 Å². The van der Waals surface area contributed by atoms with E-state index < -0.39 is 0 Å². The molecule has 0 aliphatic heterocycles. The molecular formula is C32H27FN6O. The first-order valence-electron chi connectivity index (χ1n) is 13.6. The number of hydrogen-bond acceptors (Lipinski definition) is 4. The molecule has 0 bridgehead atoms. The first-order chi connectivity index (χ1) is 19.6. The van der Waals surface area contributed by atoms with Crippen molar-refractivity contribution in [2.24, 2.45) is 5.92 Å². The number of fused-ring (bicyclic) bond motifs is 2. The van der Waals surface area contributed by atoms with Crippen LogP contribution in [0, 0.1) is 11.7 Å². The van der Waals surface area contributed by atoms with E-state index in [0.717, 1.165) is 81.3 Å². The van der Waals surface area contributed by atoms with Gasteiger partial charge in [0.25, 0.3) is 0 Å². The summed E-state index contributed by atoms with van der Waals surface area (Å²) >= 11 is 0. The quantitative estimate of drug-likeness (QED) is 0.215. The smallest absolute Gasteiger partial charge is 0.227 e. The van der Waals surface area contributed by atoms with Gasteiger partial charge in [-0.25, -0.2) is 4.39 Å². The van der Waals surface area contributed by atoms with Gasteiger partial charge in [0.1, 0.15) is 11.5 Å². The number of carbonyl (C=O) groups is 1. The van der Waals surface area contributed by atoms with Gasteiger partial charge in [0.05, 0.1) is 35.0 Å². The molecule has 0 spiro atoms. The summed E-state index contributed by atoms with van der Waals surface area (Å²) < 4.78 is 14.0. The summed E-state index contributed by atoms with van der Waals surface area (Å²) in [5, 5.41) is 12.6. The Hall–Kier alpha value is -4.85. The Morgan fingerprint density at radius 1 is 0.875 bits per heavy atom. The average Bonchev–Trinajstić information content (AvgIpc) is 3.61. The number of rotatable bonds is 5. The second-order valence-corrected chi connectivity index (χ2v) is 10.4. The van der Waals surface area contributed by atoms with Gasteiger partial charge in [0, 0.05) is 34.0 Å². The largest absolute Gasteiger partial charge is 0.353 e. The highest BCUT2D eigenvalue weighted by Crippen LogP contribution is 2.35. The zero-order valence-electron chi connectivity index (χ0n) is 21.7. The summed E-state index contributed by atoms with van der Waals surface area (Å²) in [7, 11) is 0. The zero-order chi connectivity index (χ0) is 27.1. The summed E-state index contributed by atoms with van der Waals surface area (Å²) in [4.78, 5) is 25.3. The second-order valence-electron chi connectivity index (χ2n) is 10.4. The zero-order valence-corrected chi connectivity index (χ0v) is 21.7. The first kappa shape index (κ1) is 24.2. The minimum atomic E-state index is -0.268. The molecule has 3 N–H and O–H groups in total. The lowest BCUT2D eigenvalue weighted by Crippen LogP contribution is -2.24. The number of pyridine rings is 2. The maximum atomic E-state index is 14.0. The third-order valence-corrected chi connectivity index (χ3v) is 7.78. The number of H-pyrrole nitrogens is 2. The molecule has 2 aromatic carbocycles. The fourth-order valence-electron chi connectivity index (χ4n) is 5.73. The highest BCUT2D eigenvalue weighted by atomic mass is 19.1. The number of nitrogens with zero attached hydrogens (tertiary/aromatic N) is 3. The van der Waals surface area contributed by atoms with Gasteiger partial charge < -0.3 is 10.3 Å². The van der Waals surface area contributed by atoms with Crippen molar-refractivity contribution in [3.05, 3.63) is 85.1 Å². The maximum absolute atomic E-state index is 14.0. The molecule has 4 heterocycles. The van der Waals surface area contributed by atoms with E-state index in [1.54, 1.807) is 30.7 Å². The Morgan fingerprint density at radius 3 is 2.62 bits per heavy atom. The van der Waals surface area contributed by atoms with Gasteiger partial charge in [-0.3, -0.25) is 19.9 Å². The number of aromatic nitrogens is 5. The van der Waals surface area contributed by atoms with Crippen LogP contribution in [0.4, 0.5) is 10.1 Å². The summed E-state index contributed by atoms with van der Waals surface area (Å²) in [6, 6.07) is 18.5. The van der Waals surface area contributed by atoms with Crippen LogP contribution >= 0.6 is 0 Å². The van der Waals surface area contributed by atoms with Crippen molar-refractivity contribution < 1.29 is 9.18 Å². The van der Waals surface area contributed by atoms with Gasteiger partial charge in [-0.2, -0.15) is 5.10 Å². The number of hydrogen-bond donors (Lipinski definition) is 3. The molecule has 1 aliphatic carbocycles. The van der Waals surface area contributed by atoms with Gasteiger partial charge in [0.2, 0.25) is 5.91 Å². The van der Waals surface area contributed by atoms with Crippen molar-refractivity contribution in [2.45, 2.75) is 32.1 Å². The average molecular weight is 531 g/mol. The van der Waals surface area contributed by atoms with Crippen LogP contribution in [-0.2, 0) is 4.79 Å². The molecule has 198 valence electrons. The topological polar surface area (TPSA) is 99.4 Å². The summed E-state index contributed by atoms with van der Waals surface area (Å²) in [5.41, 5.74) is 7.31. The SMILES string of the molecule is O=C(Nc1cncc(-c2cc3c(-c4cc5c(-c6cccc(F)c6)cccc5[nH]4)n[nH]c3cn2)c1)C1CCCCC1. The third kappa shape index (κ3) is 4.51. The van der Waals surface area contributed by atoms with Crippen LogP contribution in [0.5, 0.6) is 0 Å². The van der Waals surface area contributed by atoms with E-state index in [0.29, 0.717) is 5.69 Å². The molecule has 0 unspecified atom stereocenters. The summed E-state index contributed by atoms with van der Waals surface area (Å²) in [5.74, 6) is -0.135. The van der Waals surface area contributed by atoms with E-state index in [-0.39, 0.29) is 17.6 Å². The number of nitrogens with one attached hydrogen (secondary N) is 3. The van der Waals surface area contributed by atoms with E-state index in [2.05, 4.69) is 30.5 Å². The highest BCUT2D eigenvalue weighted by molar-refractivity contribution is 6.01. The van der Waals surface area contributed by atoms with Crippen molar-refractivity contribution in [1.82, 2.24) is 25.1 Å². The molecule has 7 nitrogen and oxygen atoms in total. The fraction of sp³-hybridized carbons (Fsp3) is 0.188. The molecule has 1 fully saturated rings. The van der Waals surface area contributed by atoms with Crippen molar-refractivity contribution in [2.75, 3.05) is 5.32 Å². The fourth-order valence-corrected chi connectivity index (χ4v) is 5.73. The predicted molar refractivity (Wildman–Crippen MR) is 155 cm³/mol. The van der Waals surface area contributed by atoms with Crippen LogP contribution in [0.1, 0.15) is 32.1 Å². The molecular weight excluding hydrogens is 503 g/mol. The van der Waals surface area contributed by atoms with Gasteiger partial charge in [-0.15, -0.1) is 0 Å². The van der Waals surface area contributed by atoms with Gasteiger partial charge in [-0.05, 0) is 60.4 Å². The Balaban J connectivity index is 1.23. The molecule has 8 heteroatoms. The van der Waals surface area contributed by atoms with E-state index >= 15 is 0 Å². The van der Waals surface area contributed by atoms with Gasteiger partial charge in [-0.1, -0.05) is 43.5 Å².